The fourth-order valence-corrected chi connectivity index (χ4v) is 2.97. The fraction of sp³-hybridized carbons (Fsp3) is 0.0952. The number of nitrogens with zero attached hydrogens (tertiary/aromatic N) is 2. The van der Waals surface area contributed by atoms with E-state index < -0.39 is 33.2 Å². The van der Waals surface area contributed by atoms with Crippen molar-refractivity contribution in [3.63, 3.8) is 0 Å². The number of amides is 1. The lowest BCUT2D eigenvalue weighted by atomic mass is 9.98. The summed E-state index contributed by atoms with van der Waals surface area (Å²) < 4.78 is 0. The monoisotopic (exact) mass is 391 g/mol. The maximum atomic E-state index is 12.8. The van der Waals surface area contributed by atoms with E-state index in [9.17, 15) is 25.0 Å². The van der Waals surface area contributed by atoms with Crippen LogP contribution in [0.25, 0.3) is 0 Å². The summed E-state index contributed by atoms with van der Waals surface area (Å²) in [7, 11) is 0. The third kappa shape index (κ3) is 5.01. The van der Waals surface area contributed by atoms with Crippen LogP contribution in [0.1, 0.15) is 27.5 Å². The van der Waals surface area contributed by atoms with Crippen molar-refractivity contribution in [1.82, 2.24) is 5.32 Å². The summed E-state index contributed by atoms with van der Waals surface area (Å²) in [4.78, 5) is 33.5. The summed E-state index contributed by atoms with van der Waals surface area (Å²) in [5.41, 5.74) is 0.684. The lowest BCUT2D eigenvalue weighted by Gasteiger charge is -2.19. The van der Waals surface area contributed by atoms with E-state index in [1.54, 1.807) is 0 Å². The summed E-state index contributed by atoms with van der Waals surface area (Å²) in [6, 6.07) is 21.3. The molecule has 8 nitrogen and oxygen atoms in total. The van der Waals surface area contributed by atoms with Crippen LogP contribution in [0.15, 0.2) is 78.9 Å². The minimum atomic E-state index is -0.761. The van der Waals surface area contributed by atoms with Gasteiger partial charge in [0.2, 0.25) is 0 Å². The van der Waals surface area contributed by atoms with Crippen LogP contribution in [0, 0.1) is 20.2 Å². The van der Waals surface area contributed by atoms with Gasteiger partial charge < -0.3 is 5.32 Å². The van der Waals surface area contributed by atoms with E-state index in [1.807, 2.05) is 60.7 Å². The van der Waals surface area contributed by atoms with Crippen LogP contribution in [0.5, 0.6) is 0 Å². The van der Waals surface area contributed by atoms with Gasteiger partial charge in [-0.25, -0.2) is 0 Å². The van der Waals surface area contributed by atoms with Crippen LogP contribution in [0.4, 0.5) is 11.4 Å². The predicted octanol–water partition coefficient (Wildman–Crippen LogP) is 4.22. The molecular formula is C21H17N3O5. The van der Waals surface area contributed by atoms with Crippen molar-refractivity contribution < 1.29 is 14.6 Å². The molecule has 1 atom stereocenters. The average Bonchev–Trinajstić information content (AvgIpc) is 2.74. The fourth-order valence-electron chi connectivity index (χ4n) is 2.97. The highest BCUT2D eigenvalue weighted by molar-refractivity contribution is 5.95. The highest BCUT2D eigenvalue weighted by Crippen LogP contribution is 2.24. The zero-order chi connectivity index (χ0) is 20.8. The predicted molar refractivity (Wildman–Crippen MR) is 107 cm³/mol. The number of non-ortho nitro benzene ring substituents is 2. The molecule has 3 aromatic carbocycles. The van der Waals surface area contributed by atoms with Crippen LogP contribution in [0.2, 0.25) is 0 Å². The van der Waals surface area contributed by atoms with Crippen LogP contribution < -0.4 is 5.32 Å². The zero-order valence-corrected chi connectivity index (χ0v) is 15.2. The van der Waals surface area contributed by atoms with E-state index >= 15 is 0 Å². The lowest BCUT2D eigenvalue weighted by Crippen LogP contribution is -2.30. The second kappa shape index (κ2) is 8.75. The molecule has 0 spiro atoms. The molecule has 1 amide bonds. The van der Waals surface area contributed by atoms with E-state index in [0.29, 0.717) is 6.42 Å². The second-order valence-electron chi connectivity index (χ2n) is 6.38. The number of nitrogens with one attached hydrogen (secondary N) is 1. The molecule has 0 heterocycles. The van der Waals surface area contributed by atoms with Gasteiger partial charge in [0, 0.05) is 12.1 Å². The molecule has 8 heteroatoms. The maximum Gasteiger partial charge on any atom is 0.277 e. The molecule has 0 aliphatic heterocycles. The Morgan fingerprint density at radius 2 is 1.34 bits per heavy atom. The first-order valence-corrected chi connectivity index (χ1v) is 8.77. The van der Waals surface area contributed by atoms with Gasteiger partial charge in [-0.1, -0.05) is 60.7 Å². The molecule has 1 unspecified atom stereocenters. The van der Waals surface area contributed by atoms with E-state index in [1.165, 1.54) is 0 Å². The lowest BCUT2D eigenvalue weighted by molar-refractivity contribution is -0.394. The molecule has 3 aromatic rings. The number of benzene rings is 3. The Balaban J connectivity index is 1.92. The first-order chi connectivity index (χ1) is 13.9. The average molecular weight is 391 g/mol. The third-order valence-electron chi connectivity index (χ3n) is 4.38. The van der Waals surface area contributed by atoms with Gasteiger partial charge in [0.1, 0.15) is 0 Å². The van der Waals surface area contributed by atoms with Crippen LogP contribution in [0.3, 0.4) is 0 Å². The van der Waals surface area contributed by atoms with Gasteiger partial charge in [-0.15, -0.1) is 0 Å². The van der Waals surface area contributed by atoms with Gasteiger partial charge in [0.15, 0.2) is 0 Å². The summed E-state index contributed by atoms with van der Waals surface area (Å²) in [6.45, 7) is 0. The van der Waals surface area contributed by atoms with Crippen LogP contribution in [-0.2, 0) is 6.42 Å². The Labute approximate surface area is 166 Å². The third-order valence-corrected chi connectivity index (χ3v) is 4.38. The summed E-state index contributed by atoms with van der Waals surface area (Å²) in [5, 5.41) is 25.0. The van der Waals surface area contributed by atoms with Crippen molar-refractivity contribution in [1.29, 1.82) is 0 Å². The SMILES string of the molecule is O=C(NC(Cc1ccccc1)c1ccccc1)c1cc([N+](=O)[O-])cc([N+](=O)[O-])c1. The van der Waals surface area contributed by atoms with Gasteiger partial charge in [0.25, 0.3) is 17.3 Å². The molecule has 0 radical (unpaired) electrons. The Morgan fingerprint density at radius 1 is 0.828 bits per heavy atom. The standard InChI is InChI=1S/C21H17N3O5/c25-21(17-12-18(23(26)27)14-19(13-17)24(28)29)22-20(16-9-5-2-6-10-16)11-15-7-3-1-4-8-15/h1-10,12-14,20H,11H2,(H,22,25). The number of carbonyl (C=O) groups is 1. The van der Waals surface area contributed by atoms with E-state index in [-0.39, 0.29) is 5.56 Å². The van der Waals surface area contributed by atoms with E-state index in [2.05, 4.69) is 5.32 Å². The normalized spacial score (nSPS) is 11.4. The number of rotatable bonds is 7. The molecule has 1 N–H and O–H groups in total. The van der Waals surface area contributed by atoms with Crippen molar-refractivity contribution >= 4 is 17.3 Å². The Kier molecular flexibility index (Phi) is 5.94. The molecule has 3 rings (SSSR count). The quantitative estimate of drug-likeness (QED) is 0.478. The van der Waals surface area contributed by atoms with Crippen molar-refractivity contribution in [2.45, 2.75) is 12.5 Å². The Morgan fingerprint density at radius 3 is 1.86 bits per heavy atom. The van der Waals surface area contributed by atoms with E-state index in [0.717, 1.165) is 29.3 Å². The first-order valence-electron chi connectivity index (χ1n) is 8.77. The number of nitro groups is 2. The topological polar surface area (TPSA) is 115 Å². The first kappa shape index (κ1) is 19.7. The maximum absolute atomic E-state index is 12.8. The smallest absolute Gasteiger partial charge is 0.277 e. The molecule has 29 heavy (non-hydrogen) atoms. The molecule has 146 valence electrons. The van der Waals surface area contributed by atoms with Gasteiger partial charge in [-0.2, -0.15) is 0 Å². The van der Waals surface area contributed by atoms with Crippen molar-refractivity contribution in [2.24, 2.45) is 0 Å². The number of hydrogen-bond acceptors (Lipinski definition) is 5. The summed E-state index contributed by atoms with van der Waals surface area (Å²) >= 11 is 0. The van der Waals surface area contributed by atoms with Gasteiger partial charge in [-0.05, 0) is 17.5 Å². The molecule has 0 saturated heterocycles. The van der Waals surface area contributed by atoms with Crippen LogP contribution >= 0.6 is 0 Å². The minimum absolute atomic E-state index is 0.139. The molecular weight excluding hydrogens is 374 g/mol. The highest BCUT2D eigenvalue weighted by atomic mass is 16.6. The van der Waals surface area contributed by atoms with Crippen LogP contribution in [-0.4, -0.2) is 15.8 Å². The summed E-state index contributed by atoms with van der Waals surface area (Å²) in [5.74, 6) is -0.624. The molecule has 0 saturated carbocycles. The highest BCUT2D eigenvalue weighted by Gasteiger charge is 2.22. The van der Waals surface area contributed by atoms with E-state index in [4.69, 9.17) is 0 Å². The molecule has 0 fully saturated rings. The summed E-state index contributed by atoms with van der Waals surface area (Å²) in [6.07, 6.45) is 0.494. The molecule has 0 aliphatic carbocycles. The Hall–Kier alpha value is -4.07. The number of hydrogen-bond donors (Lipinski definition) is 1. The van der Waals surface area contributed by atoms with Crippen molar-refractivity contribution in [3.8, 4) is 0 Å². The zero-order valence-electron chi connectivity index (χ0n) is 15.2. The number of nitro benzene ring substituents is 2. The van der Waals surface area contributed by atoms with Gasteiger partial charge >= 0.3 is 0 Å². The second-order valence-corrected chi connectivity index (χ2v) is 6.38. The van der Waals surface area contributed by atoms with Gasteiger partial charge in [0.05, 0.1) is 27.5 Å². The molecule has 0 aromatic heterocycles. The van der Waals surface area contributed by atoms with Gasteiger partial charge in [-0.3, -0.25) is 25.0 Å². The molecule has 0 aliphatic rings. The molecule has 0 bridgehead atoms. The number of carbonyl (C=O) groups excluding carboxylic acids is 1. The van der Waals surface area contributed by atoms with Crippen molar-refractivity contribution in [2.75, 3.05) is 0 Å². The van der Waals surface area contributed by atoms with Crippen molar-refractivity contribution in [3.05, 3.63) is 116 Å². The Bertz CT molecular complexity index is 1010. The largest absolute Gasteiger partial charge is 0.345 e. The minimum Gasteiger partial charge on any atom is -0.345 e.